The summed E-state index contributed by atoms with van der Waals surface area (Å²) in [4.78, 5) is 14.1. The molecule has 0 saturated heterocycles. The molecule has 0 unspecified atom stereocenters. The zero-order valence-corrected chi connectivity index (χ0v) is 11.8. The molecule has 0 heterocycles. The van der Waals surface area contributed by atoms with Crippen molar-refractivity contribution in [2.24, 2.45) is 0 Å². The first-order valence-electron chi connectivity index (χ1n) is 6.19. The number of nitrogens with zero attached hydrogens (tertiary/aromatic N) is 1. The number of rotatable bonds is 3. The summed E-state index contributed by atoms with van der Waals surface area (Å²) in [6, 6.07) is 11.3. The molecule has 0 aliphatic heterocycles. The number of carbonyl (C=O) groups excluding carboxylic acids is 1. The lowest BCUT2D eigenvalue weighted by molar-refractivity contribution is 0.0988. The van der Waals surface area contributed by atoms with Gasteiger partial charge in [-0.05, 0) is 37.3 Å². The number of benzene rings is 2. The molecule has 0 radical (unpaired) electrons. The summed E-state index contributed by atoms with van der Waals surface area (Å²) in [6.45, 7) is 2.34. The number of aromatic hydroxyl groups is 1. The van der Waals surface area contributed by atoms with Crippen LogP contribution in [0.25, 0.3) is 0 Å². The highest BCUT2D eigenvalue weighted by Crippen LogP contribution is 2.24. The minimum atomic E-state index is -0.193. The van der Waals surface area contributed by atoms with Crippen molar-refractivity contribution >= 4 is 28.9 Å². The zero-order chi connectivity index (χ0) is 14.7. The fourth-order valence-electron chi connectivity index (χ4n) is 1.94. The summed E-state index contributed by atoms with van der Waals surface area (Å²) in [7, 11) is 0. The van der Waals surface area contributed by atoms with Gasteiger partial charge in [0.15, 0.2) is 0 Å². The Labute approximate surface area is 122 Å². The predicted molar refractivity (Wildman–Crippen MR) is 81.3 cm³/mol. The van der Waals surface area contributed by atoms with Gasteiger partial charge in [0, 0.05) is 23.9 Å². The second-order valence-electron chi connectivity index (χ2n) is 4.31. The molecule has 1 amide bonds. The molecular weight excluding hydrogens is 276 g/mol. The number of hydrogen-bond acceptors (Lipinski definition) is 3. The number of nitrogens with two attached hydrogens (primary N) is 1. The summed E-state index contributed by atoms with van der Waals surface area (Å²) in [5.74, 6) is -0.0779. The quantitative estimate of drug-likeness (QED) is 0.852. The van der Waals surface area contributed by atoms with Crippen LogP contribution < -0.4 is 10.6 Å². The van der Waals surface area contributed by atoms with Crippen LogP contribution in [0.3, 0.4) is 0 Å². The fourth-order valence-corrected chi connectivity index (χ4v) is 2.05. The molecule has 0 aliphatic rings. The van der Waals surface area contributed by atoms with Gasteiger partial charge in [0.05, 0.1) is 10.7 Å². The first-order chi connectivity index (χ1) is 9.52. The first-order valence-corrected chi connectivity index (χ1v) is 6.56. The number of phenolic OH excluding ortho intramolecular Hbond substituents is 1. The van der Waals surface area contributed by atoms with E-state index in [4.69, 9.17) is 17.3 Å². The summed E-state index contributed by atoms with van der Waals surface area (Å²) in [6.07, 6.45) is 0. The summed E-state index contributed by atoms with van der Waals surface area (Å²) < 4.78 is 0. The van der Waals surface area contributed by atoms with Crippen LogP contribution in [0, 0.1) is 0 Å². The lowest BCUT2D eigenvalue weighted by Gasteiger charge is -2.21. The third-order valence-corrected chi connectivity index (χ3v) is 3.29. The molecule has 4 nitrogen and oxygen atoms in total. The summed E-state index contributed by atoms with van der Waals surface area (Å²) >= 11 is 5.85. The van der Waals surface area contributed by atoms with Crippen molar-refractivity contribution in [3.05, 3.63) is 53.1 Å². The molecule has 5 heteroatoms. The monoisotopic (exact) mass is 290 g/mol. The van der Waals surface area contributed by atoms with Gasteiger partial charge in [-0.3, -0.25) is 4.79 Å². The van der Waals surface area contributed by atoms with Crippen molar-refractivity contribution < 1.29 is 9.90 Å². The Morgan fingerprint density at radius 2 is 2.05 bits per heavy atom. The number of nitrogen functional groups attached to an aromatic ring is 1. The number of carbonyl (C=O) groups is 1. The van der Waals surface area contributed by atoms with Gasteiger partial charge in [-0.15, -0.1) is 0 Å². The van der Waals surface area contributed by atoms with Gasteiger partial charge < -0.3 is 15.7 Å². The lowest BCUT2D eigenvalue weighted by Crippen LogP contribution is -2.30. The molecule has 3 N–H and O–H groups in total. The van der Waals surface area contributed by atoms with E-state index in [1.807, 2.05) is 6.92 Å². The van der Waals surface area contributed by atoms with Crippen molar-refractivity contribution in [2.45, 2.75) is 6.92 Å². The van der Waals surface area contributed by atoms with Gasteiger partial charge in [0.2, 0.25) is 0 Å². The molecule has 0 aromatic heterocycles. The first kappa shape index (κ1) is 14.2. The van der Waals surface area contributed by atoms with Crippen LogP contribution in [0.5, 0.6) is 5.75 Å². The van der Waals surface area contributed by atoms with Gasteiger partial charge >= 0.3 is 0 Å². The number of phenols is 1. The third kappa shape index (κ3) is 2.86. The summed E-state index contributed by atoms with van der Waals surface area (Å²) in [5, 5.41) is 9.93. The Morgan fingerprint density at radius 1 is 1.30 bits per heavy atom. The Balaban J connectivity index is 2.36. The molecule has 0 aliphatic carbocycles. The molecule has 2 aromatic carbocycles. The zero-order valence-electron chi connectivity index (χ0n) is 11.0. The van der Waals surface area contributed by atoms with E-state index in [0.717, 1.165) is 0 Å². The average Bonchev–Trinajstić information content (AvgIpc) is 2.42. The topological polar surface area (TPSA) is 66.6 Å². The molecular formula is C15H15ClN2O2. The SMILES string of the molecule is CCN(C(=O)c1ccc(Cl)c(N)c1)c1cccc(O)c1. The van der Waals surface area contributed by atoms with Gasteiger partial charge in [-0.1, -0.05) is 17.7 Å². The van der Waals surface area contributed by atoms with E-state index in [1.165, 1.54) is 0 Å². The van der Waals surface area contributed by atoms with Crippen LogP contribution in [-0.4, -0.2) is 17.6 Å². The van der Waals surface area contributed by atoms with Crippen LogP contribution in [-0.2, 0) is 0 Å². The Hall–Kier alpha value is -2.20. The van der Waals surface area contributed by atoms with Gasteiger partial charge in [0.1, 0.15) is 5.75 Å². The Kier molecular flexibility index (Phi) is 4.15. The molecule has 0 atom stereocenters. The standard InChI is InChI=1S/C15H15ClN2O2/c1-2-18(11-4-3-5-12(19)9-11)15(20)10-6-7-13(16)14(17)8-10/h3-9,19H,2,17H2,1H3. The van der Waals surface area contributed by atoms with Crippen molar-refractivity contribution in [1.29, 1.82) is 0 Å². The van der Waals surface area contributed by atoms with Gasteiger partial charge in [-0.25, -0.2) is 0 Å². The van der Waals surface area contributed by atoms with Crippen LogP contribution in [0.1, 0.15) is 17.3 Å². The highest BCUT2D eigenvalue weighted by molar-refractivity contribution is 6.33. The van der Waals surface area contributed by atoms with Crippen LogP contribution in [0.2, 0.25) is 5.02 Å². The Bertz CT molecular complexity index is 644. The van der Waals surface area contributed by atoms with Gasteiger partial charge in [-0.2, -0.15) is 0 Å². The minimum absolute atomic E-state index is 0.115. The van der Waals surface area contributed by atoms with Crippen molar-refractivity contribution in [2.75, 3.05) is 17.2 Å². The summed E-state index contributed by atoms with van der Waals surface area (Å²) in [5.41, 5.74) is 7.17. The van der Waals surface area contributed by atoms with E-state index < -0.39 is 0 Å². The fraction of sp³-hybridized carbons (Fsp3) is 0.133. The predicted octanol–water partition coefficient (Wildman–Crippen LogP) is 3.29. The lowest BCUT2D eigenvalue weighted by atomic mass is 10.1. The number of halogens is 1. The van der Waals surface area contributed by atoms with E-state index in [2.05, 4.69) is 0 Å². The molecule has 0 spiro atoms. The molecule has 0 saturated carbocycles. The molecule has 20 heavy (non-hydrogen) atoms. The maximum absolute atomic E-state index is 12.5. The molecule has 0 fully saturated rings. The van der Waals surface area contributed by atoms with Gasteiger partial charge in [0.25, 0.3) is 5.91 Å². The maximum atomic E-state index is 12.5. The van der Waals surface area contributed by atoms with E-state index >= 15 is 0 Å². The maximum Gasteiger partial charge on any atom is 0.258 e. The van der Waals surface area contributed by atoms with E-state index in [-0.39, 0.29) is 11.7 Å². The molecule has 2 rings (SSSR count). The van der Waals surface area contributed by atoms with E-state index in [0.29, 0.717) is 28.5 Å². The molecule has 0 bridgehead atoms. The van der Waals surface area contributed by atoms with Crippen LogP contribution in [0.4, 0.5) is 11.4 Å². The smallest absolute Gasteiger partial charge is 0.258 e. The van der Waals surface area contributed by atoms with Crippen LogP contribution in [0.15, 0.2) is 42.5 Å². The minimum Gasteiger partial charge on any atom is -0.508 e. The average molecular weight is 291 g/mol. The third-order valence-electron chi connectivity index (χ3n) is 2.95. The molecule has 2 aromatic rings. The van der Waals surface area contributed by atoms with Crippen LogP contribution >= 0.6 is 11.6 Å². The second-order valence-corrected chi connectivity index (χ2v) is 4.71. The van der Waals surface area contributed by atoms with Crippen molar-refractivity contribution in [3.8, 4) is 5.75 Å². The largest absolute Gasteiger partial charge is 0.508 e. The number of amides is 1. The molecule has 104 valence electrons. The highest BCUT2D eigenvalue weighted by Gasteiger charge is 2.17. The second kappa shape index (κ2) is 5.84. The number of anilines is 2. The normalized spacial score (nSPS) is 10.3. The highest BCUT2D eigenvalue weighted by atomic mass is 35.5. The van der Waals surface area contributed by atoms with Crippen molar-refractivity contribution in [1.82, 2.24) is 0 Å². The van der Waals surface area contributed by atoms with Crippen molar-refractivity contribution in [3.63, 3.8) is 0 Å². The Morgan fingerprint density at radius 3 is 2.65 bits per heavy atom. The van der Waals surface area contributed by atoms with E-state index in [9.17, 15) is 9.90 Å². The number of hydrogen-bond donors (Lipinski definition) is 2. The van der Waals surface area contributed by atoms with E-state index in [1.54, 1.807) is 47.4 Å².